The molecule has 0 saturated heterocycles. The molecule has 0 radical (unpaired) electrons. The van der Waals surface area contributed by atoms with Crippen LogP contribution >= 0.6 is 0 Å². The predicted molar refractivity (Wildman–Crippen MR) is 97.8 cm³/mol. The Morgan fingerprint density at radius 2 is 2.12 bits per heavy atom. The van der Waals surface area contributed by atoms with Crippen molar-refractivity contribution in [2.24, 2.45) is 0 Å². The summed E-state index contributed by atoms with van der Waals surface area (Å²) in [5.41, 5.74) is 3.34. The van der Waals surface area contributed by atoms with Crippen molar-refractivity contribution in [2.75, 3.05) is 13.1 Å². The Labute approximate surface area is 151 Å². The van der Waals surface area contributed by atoms with Crippen molar-refractivity contribution in [1.29, 1.82) is 0 Å². The van der Waals surface area contributed by atoms with Gasteiger partial charge >= 0.3 is 5.76 Å². The van der Waals surface area contributed by atoms with E-state index in [2.05, 4.69) is 10.00 Å². The molecule has 7 heteroatoms. The molecule has 1 atom stereocenters. The highest BCUT2D eigenvalue weighted by Gasteiger charge is 2.19. The van der Waals surface area contributed by atoms with E-state index in [1.54, 1.807) is 4.57 Å². The van der Waals surface area contributed by atoms with Crippen molar-refractivity contribution in [3.63, 3.8) is 0 Å². The number of para-hydroxylation sites is 2. The molecule has 3 aromatic rings. The van der Waals surface area contributed by atoms with Gasteiger partial charge in [0.15, 0.2) is 5.58 Å². The first-order valence-electron chi connectivity index (χ1n) is 9.21. The van der Waals surface area contributed by atoms with E-state index in [1.165, 1.54) is 0 Å². The van der Waals surface area contributed by atoms with Gasteiger partial charge in [0, 0.05) is 32.7 Å². The Bertz CT molecular complexity index is 955. The molecule has 1 aliphatic rings. The molecule has 0 bridgehead atoms. The number of oxazole rings is 1. The van der Waals surface area contributed by atoms with E-state index < -0.39 is 6.10 Å². The van der Waals surface area contributed by atoms with Crippen LogP contribution in [-0.2, 0) is 19.6 Å². The summed E-state index contributed by atoms with van der Waals surface area (Å²) in [7, 11) is 0. The molecular formula is C19H24N4O3. The number of aliphatic hydroxyl groups is 1. The zero-order chi connectivity index (χ0) is 18.1. The maximum atomic E-state index is 12.1. The normalized spacial score (nSPS) is 16.5. The van der Waals surface area contributed by atoms with E-state index in [1.807, 2.05) is 41.9 Å². The van der Waals surface area contributed by atoms with Gasteiger partial charge in [-0.05, 0) is 31.0 Å². The molecule has 2 aromatic heterocycles. The Hall–Kier alpha value is -2.38. The standard InChI is InChI=1S/C19H24N4O3/c1-2-17(24)15-12-14-13-21(8-5-9-23(14)20-15)10-11-22-16-6-3-4-7-18(16)26-19(22)25/h3-4,6-7,12,17,24H,2,5,8-11,13H2,1H3. The molecule has 1 unspecified atom stereocenters. The van der Waals surface area contributed by atoms with Gasteiger partial charge in [-0.25, -0.2) is 4.79 Å². The van der Waals surface area contributed by atoms with Gasteiger partial charge < -0.3 is 9.52 Å². The molecular weight excluding hydrogens is 332 g/mol. The van der Waals surface area contributed by atoms with E-state index in [0.717, 1.165) is 49.5 Å². The summed E-state index contributed by atoms with van der Waals surface area (Å²) in [6.45, 7) is 5.90. The van der Waals surface area contributed by atoms with Gasteiger partial charge in [0.05, 0.1) is 23.0 Å². The van der Waals surface area contributed by atoms with Gasteiger partial charge in [-0.2, -0.15) is 5.10 Å². The number of nitrogens with zero attached hydrogens (tertiary/aromatic N) is 4. The van der Waals surface area contributed by atoms with Crippen LogP contribution in [0.1, 0.15) is 37.3 Å². The Kier molecular flexibility index (Phi) is 4.65. The summed E-state index contributed by atoms with van der Waals surface area (Å²) in [6, 6.07) is 9.52. The number of benzene rings is 1. The Balaban J connectivity index is 1.49. The smallest absolute Gasteiger partial charge is 0.408 e. The van der Waals surface area contributed by atoms with E-state index >= 15 is 0 Å². The van der Waals surface area contributed by atoms with Crippen LogP contribution < -0.4 is 5.76 Å². The minimum atomic E-state index is -0.501. The third-order valence-electron chi connectivity index (χ3n) is 5.05. The Morgan fingerprint density at radius 3 is 2.96 bits per heavy atom. The third-order valence-corrected chi connectivity index (χ3v) is 5.05. The van der Waals surface area contributed by atoms with Crippen LogP contribution in [0.2, 0.25) is 0 Å². The van der Waals surface area contributed by atoms with Crippen LogP contribution in [0.15, 0.2) is 39.5 Å². The summed E-state index contributed by atoms with van der Waals surface area (Å²) in [4.78, 5) is 14.5. The van der Waals surface area contributed by atoms with E-state index in [-0.39, 0.29) is 5.76 Å². The number of aliphatic hydroxyl groups excluding tert-OH is 1. The average molecular weight is 356 g/mol. The first-order chi connectivity index (χ1) is 12.7. The second kappa shape index (κ2) is 7.09. The molecule has 0 aliphatic carbocycles. The second-order valence-corrected chi connectivity index (χ2v) is 6.82. The summed E-state index contributed by atoms with van der Waals surface area (Å²) < 4.78 is 9.01. The van der Waals surface area contributed by atoms with Crippen molar-refractivity contribution in [3.8, 4) is 0 Å². The van der Waals surface area contributed by atoms with Crippen LogP contribution in [-0.4, -0.2) is 37.4 Å². The minimum Gasteiger partial charge on any atom is -0.408 e. The summed E-state index contributed by atoms with van der Waals surface area (Å²) in [6.07, 6.45) is 1.16. The summed E-state index contributed by atoms with van der Waals surface area (Å²) >= 11 is 0. The number of hydrogen-bond acceptors (Lipinski definition) is 5. The maximum absolute atomic E-state index is 12.1. The molecule has 0 fully saturated rings. The van der Waals surface area contributed by atoms with Gasteiger partial charge in [-0.3, -0.25) is 14.1 Å². The van der Waals surface area contributed by atoms with E-state index in [0.29, 0.717) is 18.5 Å². The minimum absolute atomic E-state index is 0.306. The molecule has 0 saturated carbocycles. The third kappa shape index (κ3) is 3.20. The van der Waals surface area contributed by atoms with Crippen molar-refractivity contribution in [3.05, 3.63) is 52.3 Å². The van der Waals surface area contributed by atoms with Gasteiger partial charge in [0.1, 0.15) is 0 Å². The van der Waals surface area contributed by atoms with Crippen molar-refractivity contribution in [2.45, 2.75) is 45.5 Å². The van der Waals surface area contributed by atoms with Crippen LogP contribution in [0, 0.1) is 0 Å². The van der Waals surface area contributed by atoms with Gasteiger partial charge in [0.2, 0.25) is 0 Å². The van der Waals surface area contributed by atoms with Crippen molar-refractivity contribution in [1.82, 2.24) is 19.2 Å². The number of aryl methyl sites for hydroxylation is 1. The number of hydrogen-bond donors (Lipinski definition) is 1. The van der Waals surface area contributed by atoms with Crippen LogP contribution in [0.3, 0.4) is 0 Å². The first kappa shape index (κ1) is 17.1. The lowest BCUT2D eigenvalue weighted by atomic mass is 10.2. The quantitative estimate of drug-likeness (QED) is 0.758. The fourth-order valence-corrected chi connectivity index (χ4v) is 3.58. The van der Waals surface area contributed by atoms with Gasteiger partial charge in [-0.15, -0.1) is 0 Å². The number of fused-ring (bicyclic) bond motifs is 2. The molecule has 1 N–H and O–H groups in total. The lowest BCUT2D eigenvalue weighted by Gasteiger charge is -2.19. The molecule has 1 aliphatic heterocycles. The molecule has 4 rings (SSSR count). The lowest BCUT2D eigenvalue weighted by Crippen LogP contribution is -2.29. The highest BCUT2D eigenvalue weighted by Crippen LogP contribution is 2.20. The highest BCUT2D eigenvalue weighted by molar-refractivity contribution is 5.72. The molecule has 1 aromatic carbocycles. The van der Waals surface area contributed by atoms with Gasteiger partial charge in [-0.1, -0.05) is 19.1 Å². The number of aromatic nitrogens is 3. The fraction of sp³-hybridized carbons (Fsp3) is 0.474. The van der Waals surface area contributed by atoms with Crippen LogP contribution in [0.25, 0.3) is 11.1 Å². The first-order valence-corrected chi connectivity index (χ1v) is 9.21. The van der Waals surface area contributed by atoms with Crippen molar-refractivity contribution < 1.29 is 9.52 Å². The molecule has 26 heavy (non-hydrogen) atoms. The Morgan fingerprint density at radius 1 is 1.27 bits per heavy atom. The van der Waals surface area contributed by atoms with Crippen LogP contribution in [0.5, 0.6) is 0 Å². The molecule has 3 heterocycles. The van der Waals surface area contributed by atoms with E-state index in [4.69, 9.17) is 4.42 Å². The molecule has 0 amide bonds. The fourth-order valence-electron chi connectivity index (χ4n) is 3.58. The summed E-state index contributed by atoms with van der Waals surface area (Å²) in [5.74, 6) is -0.306. The lowest BCUT2D eigenvalue weighted by molar-refractivity contribution is 0.167. The van der Waals surface area contributed by atoms with Crippen LogP contribution in [0.4, 0.5) is 0 Å². The molecule has 138 valence electrons. The largest absolute Gasteiger partial charge is 0.419 e. The zero-order valence-corrected chi connectivity index (χ0v) is 15.0. The topological polar surface area (TPSA) is 76.4 Å². The second-order valence-electron chi connectivity index (χ2n) is 6.82. The average Bonchev–Trinajstić information content (AvgIpc) is 3.13. The van der Waals surface area contributed by atoms with Gasteiger partial charge in [0.25, 0.3) is 0 Å². The predicted octanol–water partition coefficient (Wildman–Crippen LogP) is 2.14. The van der Waals surface area contributed by atoms with E-state index in [9.17, 15) is 9.90 Å². The van der Waals surface area contributed by atoms with Crippen molar-refractivity contribution >= 4 is 11.1 Å². The number of rotatable bonds is 5. The maximum Gasteiger partial charge on any atom is 0.419 e. The monoisotopic (exact) mass is 356 g/mol. The highest BCUT2D eigenvalue weighted by atomic mass is 16.4. The molecule has 0 spiro atoms. The SMILES string of the molecule is CCC(O)c1cc2n(n1)CCCN(CCn1c(=O)oc3ccccc31)C2. The summed E-state index contributed by atoms with van der Waals surface area (Å²) in [5, 5.41) is 14.6. The zero-order valence-electron chi connectivity index (χ0n) is 15.0. The molecule has 7 nitrogen and oxygen atoms in total.